The third-order valence-electron chi connectivity index (χ3n) is 2.44. The van der Waals surface area contributed by atoms with E-state index in [0.717, 1.165) is 11.0 Å². The monoisotopic (exact) mass is 253 g/mol. The lowest BCUT2D eigenvalue weighted by Crippen LogP contribution is -2.31. The molecule has 17 heavy (non-hydrogen) atoms. The van der Waals surface area contributed by atoms with Gasteiger partial charge in [0.2, 0.25) is 0 Å². The van der Waals surface area contributed by atoms with Gasteiger partial charge in [0.15, 0.2) is 0 Å². The number of Topliss-reactive ketones (excluding diaryl/α,β-unsaturated/α-hetero) is 1. The molecule has 1 heterocycles. The topological polar surface area (TPSA) is 37.4 Å². The molecule has 2 rings (SSSR count). The fourth-order valence-electron chi connectivity index (χ4n) is 1.77. The minimum atomic E-state index is -0.772. The van der Waals surface area contributed by atoms with E-state index in [2.05, 4.69) is 6.58 Å². The van der Waals surface area contributed by atoms with E-state index in [0.29, 0.717) is 5.57 Å². The number of rotatable bonds is 2. The first kappa shape index (κ1) is 11.8. The second kappa shape index (κ2) is 3.96. The Hall–Kier alpha value is -1.68. The largest absolute Gasteiger partial charge is 0.299 e. The number of halogens is 2. The SMILES string of the molecule is C=C(C)CN1C(=O)C(=O)c2c(Cl)ccc(F)c21. The molecule has 1 aromatic rings. The molecule has 0 aromatic heterocycles. The Kier molecular flexibility index (Phi) is 2.75. The second-order valence-corrected chi connectivity index (χ2v) is 4.34. The van der Waals surface area contributed by atoms with Gasteiger partial charge >= 0.3 is 0 Å². The van der Waals surface area contributed by atoms with Crippen LogP contribution in [0.1, 0.15) is 17.3 Å². The molecule has 3 nitrogen and oxygen atoms in total. The number of anilines is 1. The van der Waals surface area contributed by atoms with Crippen molar-refractivity contribution in [3.63, 3.8) is 0 Å². The summed E-state index contributed by atoms with van der Waals surface area (Å²) in [5, 5.41) is 0.0870. The van der Waals surface area contributed by atoms with E-state index in [9.17, 15) is 14.0 Å². The molecule has 0 aliphatic carbocycles. The normalized spacial score (nSPS) is 14.2. The maximum Gasteiger partial charge on any atom is 0.299 e. The molecular formula is C12H9ClFNO2. The fourth-order valence-corrected chi connectivity index (χ4v) is 2.01. The number of amides is 1. The van der Waals surface area contributed by atoms with Gasteiger partial charge in [0.1, 0.15) is 5.82 Å². The van der Waals surface area contributed by atoms with Crippen molar-refractivity contribution < 1.29 is 14.0 Å². The van der Waals surface area contributed by atoms with Crippen molar-refractivity contribution >= 4 is 29.0 Å². The Balaban J connectivity index is 2.63. The van der Waals surface area contributed by atoms with Crippen molar-refractivity contribution in [3.8, 4) is 0 Å². The van der Waals surface area contributed by atoms with Crippen LogP contribution in [0.4, 0.5) is 10.1 Å². The highest BCUT2D eigenvalue weighted by atomic mass is 35.5. The highest BCUT2D eigenvalue weighted by Crippen LogP contribution is 2.36. The van der Waals surface area contributed by atoms with Crippen LogP contribution < -0.4 is 4.90 Å². The number of ketones is 1. The minimum Gasteiger partial charge on any atom is -0.298 e. The predicted molar refractivity (Wildman–Crippen MR) is 62.9 cm³/mol. The average molecular weight is 254 g/mol. The third kappa shape index (κ3) is 1.74. The molecule has 0 radical (unpaired) electrons. The first-order valence-electron chi connectivity index (χ1n) is 4.92. The molecule has 0 N–H and O–H groups in total. The highest BCUT2D eigenvalue weighted by Gasteiger charge is 2.39. The molecule has 0 saturated heterocycles. The quantitative estimate of drug-likeness (QED) is 0.600. The molecule has 0 spiro atoms. The van der Waals surface area contributed by atoms with Gasteiger partial charge in [-0.05, 0) is 19.1 Å². The highest BCUT2D eigenvalue weighted by molar-refractivity contribution is 6.55. The summed E-state index contributed by atoms with van der Waals surface area (Å²) in [7, 11) is 0. The van der Waals surface area contributed by atoms with Crippen molar-refractivity contribution in [2.24, 2.45) is 0 Å². The summed E-state index contributed by atoms with van der Waals surface area (Å²) in [6.07, 6.45) is 0. The van der Waals surface area contributed by atoms with Crippen LogP contribution in [-0.4, -0.2) is 18.2 Å². The van der Waals surface area contributed by atoms with Gasteiger partial charge in [-0.15, -0.1) is 0 Å². The van der Waals surface area contributed by atoms with Crippen molar-refractivity contribution in [3.05, 3.63) is 40.7 Å². The third-order valence-corrected chi connectivity index (χ3v) is 2.76. The maximum atomic E-state index is 13.7. The van der Waals surface area contributed by atoms with E-state index < -0.39 is 17.5 Å². The number of carbonyl (C=O) groups excluding carboxylic acids is 2. The minimum absolute atomic E-state index is 0.0458. The van der Waals surface area contributed by atoms with Crippen LogP contribution in [0.25, 0.3) is 0 Å². The molecule has 5 heteroatoms. The Labute approximate surface area is 102 Å². The van der Waals surface area contributed by atoms with Gasteiger partial charge in [0, 0.05) is 6.54 Å². The summed E-state index contributed by atoms with van der Waals surface area (Å²) < 4.78 is 13.7. The smallest absolute Gasteiger partial charge is 0.298 e. The van der Waals surface area contributed by atoms with Gasteiger partial charge in [-0.1, -0.05) is 23.8 Å². The molecule has 1 aliphatic rings. The van der Waals surface area contributed by atoms with E-state index in [-0.39, 0.29) is 22.8 Å². The number of hydrogen-bond donors (Lipinski definition) is 0. The molecule has 0 atom stereocenters. The van der Waals surface area contributed by atoms with Crippen LogP contribution in [0.5, 0.6) is 0 Å². The summed E-state index contributed by atoms with van der Waals surface area (Å²) in [5.41, 5.74) is 0.548. The number of nitrogens with zero attached hydrogens (tertiary/aromatic N) is 1. The molecule has 1 aliphatic heterocycles. The molecule has 88 valence electrons. The lowest BCUT2D eigenvalue weighted by molar-refractivity contribution is -0.114. The zero-order valence-corrected chi connectivity index (χ0v) is 9.84. The zero-order chi connectivity index (χ0) is 12.7. The molecule has 0 fully saturated rings. The first-order valence-corrected chi connectivity index (χ1v) is 5.30. The first-order chi connectivity index (χ1) is 7.93. The van der Waals surface area contributed by atoms with Gasteiger partial charge in [-0.3, -0.25) is 14.5 Å². The van der Waals surface area contributed by atoms with Crippen LogP contribution >= 0.6 is 11.6 Å². The number of hydrogen-bond acceptors (Lipinski definition) is 2. The molecule has 0 unspecified atom stereocenters. The van der Waals surface area contributed by atoms with Gasteiger partial charge in [0.05, 0.1) is 16.3 Å². The van der Waals surface area contributed by atoms with Gasteiger partial charge in [-0.25, -0.2) is 4.39 Å². The van der Waals surface area contributed by atoms with Crippen LogP contribution in [0.15, 0.2) is 24.3 Å². The predicted octanol–water partition coefficient (Wildman–Crippen LogP) is 2.58. The summed E-state index contributed by atoms with van der Waals surface area (Å²) in [5.74, 6) is -2.18. The summed E-state index contributed by atoms with van der Waals surface area (Å²) in [4.78, 5) is 24.5. The zero-order valence-electron chi connectivity index (χ0n) is 9.09. The standard InChI is InChI=1S/C12H9ClFNO2/c1-6(2)5-15-10-8(14)4-3-7(13)9(10)11(16)12(15)17/h3-4H,1,5H2,2H3. The summed E-state index contributed by atoms with van der Waals surface area (Å²) in [6.45, 7) is 5.44. The van der Waals surface area contributed by atoms with Crippen LogP contribution in [0.3, 0.4) is 0 Å². The number of carbonyl (C=O) groups is 2. The van der Waals surface area contributed by atoms with Crippen LogP contribution in [-0.2, 0) is 4.79 Å². The van der Waals surface area contributed by atoms with Gasteiger partial charge in [-0.2, -0.15) is 0 Å². The Morgan fingerprint density at radius 1 is 1.47 bits per heavy atom. The van der Waals surface area contributed by atoms with E-state index in [1.165, 1.54) is 6.07 Å². The summed E-state index contributed by atoms with van der Waals surface area (Å²) >= 11 is 5.81. The summed E-state index contributed by atoms with van der Waals surface area (Å²) in [6, 6.07) is 2.41. The van der Waals surface area contributed by atoms with Crippen molar-refractivity contribution in [1.29, 1.82) is 0 Å². The molecule has 0 saturated carbocycles. The van der Waals surface area contributed by atoms with Gasteiger partial charge in [0.25, 0.3) is 11.7 Å². The Morgan fingerprint density at radius 3 is 2.71 bits per heavy atom. The lowest BCUT2D eigenvalue weighted by Gasteiger charge is -2.16. The van der Waals surface area contributed by atoms with Crippen molar-refractivity contribution in [2.75, 3.05) is 11.4 Å². The molecular weight excluding hydrogens is 245 g/mol. The Bertz CT molecular complexity index is 554. The van der Waals surface area contributed by atoms with E-state index >= 15 is 0 Å². The van der Waals surface area contributed by atoms with Gasteiger partial charge < -0.3 is 0 Å². The second-order valence-electron chi connectivity index (χ2n) is 3.93. The molecule has 0 bridgehead atoms. The lowest BCUT2D eigenvalue weighted by atomic mass is 10.1. The maximum absolute atomic E-state index is 13.7. The number of benzene rings is 1. The molecule has 1 amide bonds. The van der Waals surface area contributed by atoms with Crippen LogP contribution in [0.2, 0.25) is 5.02 Å². The fraction of sp³-hybridized carbons (Fsp3) is 0.167. The van der Waals surface area contributed by atoms with Crippen molar-refractivity contribution in [2.45, 2.75) is 6.92 Å². The Morgan fingerprint density at radius 2 is 2.12 bits per heavy atom. The van der Waals surface area contributed by atoms with E-state index in [1.54, 1.807) is 6.92 Å². The van der Waals surface area contributed by atoms with E-state index in [4.69, 9.17) is 11.6 Å². The molecule has 1 aromatic carbocycles. The van der Waals surface area contributed by atoms with Crippen LogP contribution in [0, 0.1) is 5.82 Å². The van der Waals surface area contributed by atoms with Crippen molar-refractivity contribution in [1.82, 2.24) is 0 Å². The number of fused-ring (bicyclic) bond motifs is 1. The van der Waals surface area contributed by atoms with E-state index in [1.807, 2.05) is 0 Å². The average Bonchev–Trinajstić information content (AvgIpc) is 2.49.